The van der Waals surface area contributed by atoms with E-state index in [1.165, 1.54) is 25.7 Å². The second-order valence-electron chi connectivity index (χ2n) is 5.56. The van der Waals surface area contributed by atoms with Crippen molar-refractivity contribution in [2.24, 2.45) is 5.92 Å². The van der Waals surface area contributed by atoms with E-state index in [1.54, 1.807) is 7.11 Å². The quantitative estimate of drug-likeness (QED) is 0.823. The minimum absolute atomic E-state index is 0.383. The Bertz CT molecular complexity index is 359. The van der Waals surface area contributed by atoms with E-state index >= 15 is 0 Å². The monoisotopic (exact) mass is 248 g/mol. The van der Waals surface area contributed by atoms with E-state index in [4.69, 9.17) is 4.74 Å². The molecule has 0 spiro atoms. The Morgan fingerprint density at radius 1 is 1.06 bits per heavy atom. The number of benzene rings is 1. The van der Waals surface area contributed by atoms with Gasteiger partial charge in [-0.25, -0.2) is 0 Å². The summed E-state index contributed by atoms with van der Waals surface area (Å²) in [6, 6.07) is 7.84. The summed E-state index contributed by atoms with van der Waals surface area (Å²) in [5.41, 5.74) is 0.298. The highest BCUT2D eigenvalue weighted by atomic mass is 16.5. The standard InChI is InChI=1S/C16H24O2/c1-16(17,13-7-5-3-4-6-8-13)14-9-11-15(18-2)12-10-14/h9-13,17H,3-8H2,1-2H3. The van der Waals surface area contributed by atoms with Gasteiger partial charge in [-0.3, -0.25) is 0 Å². The zero-order chi connectivity index (χ0) is 13.0. The van der Waals surface area contributed by atoms with Crippen LogP contribution in [0, 0.1) is 5.92 Å². The number of ether oxygens (including phenoxy) is 1. The van der Waals surface area contributed by atoms with E-state index in [9.17, 15) is 5.11 Å². The van der Waals surface area contributed by atoms with Crippen molar-refractivity contribution in [2.45, 2.75) is 51.0 Å². The first-order valence-electron chi connectivity index (χ1n) is 7.01. The highest BCUT2D eigenvalue weighted by molar-refractivity contribution is 5.30. The molecule has 1 N–H and O–H groups in total. The third-order valence-electron chi connectivity index (χ3n) is 4.32. The Kier molecular flexibility index (Phi) is 4.28. The first-order chi connectivity index (χ1) is 8.64. The molecule has 0 bridgehead atoms. The van der Waals surface area contributed by atoms with Crippen molar-refractivity contribution in [3.05, 3.63) is 29.8 Å². The van der Waals surface area contributed by atoms with Crippen LogP contribution in [-0.4, -0.2) is 12.2 Å². The van der Waals surface area contributed by atoms with E-state index in [0.29, 0.717) is 5.92 Å². The van der Waals surface area contributed by atoms with Gasteiger partial charge in [-0.1, -0.05) is 37.8 Å². The molecule has 0 saturated heterocycles. The molecule has 0 heterocycles. The molecule has 100 valence electrons. The molecule has 0 aromatic heterocycles. The Hall–Kier alpha value is -1.02. The Morgan fingerprint density at radius 2 is 1.61 bits per heavy atom. The van der Waals surface area contributed by atoms with Crippen molar-refractivity contribution in [3.63, 3.8) is 0 Å². The topological polar surface area (TPSA) is 29.5 Å². The fourth-order valence-electron chi connectivity index (χ4n) is 3.01. The molecule has 1 unspecified atom stereocenters. The van der Waals surface area contributed by atoms with Crippen LogP contribution in [0.15, 0.2) is 24.3 Å². The van der Waals surface area contributed by atoms with Gasteiger partial charge in [0.15, 0.2) is 0 Å². The van der Waals surface area contributed by atoms with Crippen molar-refractivity contribution in [1.29, 1.82) is 0 Å². The number of aliphatic hydroxyl groups is 1. The summed E-state index contributed by atoms with van der Waals surface area (Å²) in [5, 5.41) is 10.9. The predicted molar refractivity (Wildman–Crippen MR) is 73.8 cm³/mol. The molecule has 1 aliphatic carbocycles. The molecular formula is C16H24O2. The van der Waals surface area contributed by atoms with Gasteiger partial charge in [0, 0.05) is 0 Å². The van der Waals surface area contributed by atoms with E-state index < -0.39 is 5.60 Å². The van der Waals surface area contributed by atoms with Crippen LogP contribution >= 0.6 is 0 Å². The van der Waals surface area contributed by atoms with Gasteiger partial charge in [-0.2, -0.15) is 0 Å². The summed E-state index contributed by atoms with van der Waals surface area (Å²) in [6.45, 7) is 1.96. The minimum atomic E-state index is -0.712. The molecule has 1 aliphatic rings. The average Bonchev–Trinajstić information content (AvgIpc) is 2.68. The van der Waals surface area contributed by atoms with Crippen molar-refractivity contribution in [3.8, 4) is 5.75 Å². The van der Waals surface area contributed by atoms with Crippen LogP contribution < -0.4 is 4.74 Å². The van der Waals surface area contributed by atoms with Gasteiger partial charge in [0.1, 0.15) is 5.75 Å². The van der Waals surface area contributed by atoms with Gasteiger partial charge >= 0.3 is 0 Å². The first-order valence-corrected chi connectivity index (χ1v) is 7.01. The molecule has 1 fully saturated rings. The van der Waals surface area contributed by atoms with E-state index in [0.717, 1.165) is 24.2 Å². The van der Waals surface area contributed by atoms with Gasteiger partial charge in [-0.05, 0) is 43.4 Å². The maximum absolute atomic E-state index is 10.9. The van der Waals surface area contributed by atoms with Gasteiger partial charge < -0.3 is 9.84 Å². The van der Waals surface area contributed by atoms with Crippen LogP contribution in [0.1, 0.15) is 51.0 Å². The lowest BCUT2D eigenvalue weighted by molar-refractivity contribution is -0.0126. The SMILES string of the molecule is COc1ccc(C(C)(O)C2CCCCCC2)cc1. The van der Waals surface area contributed by atoms with Crippen LogP contribution in [0.25, 0.3) is 0 Å². The van der Waals surface area contributed by atoms with Crippen molar-refractivity contribution >= 4 is 0 Å². The van der Waals surface area contributed by atoms with Gasteiger partial charge in [0.05, 0.1) is 12.7 Å². The highest BCUT2D eigenvalue weighted by Gasteiger charge is 2.33. The van der Waals surface area contributed by atoms with Crippen LogP contribution in [0.3, 0.4) is 0 Å². The Balaban J connectivity index is 2.16. The van der Waals surface area contributed by atoms with Gasteiger partial charge in [0.2, 0.25) is 0 Å². The second-order valence-corrected chi connectivity index (χ2v) is 5.56. The average molecular weight is 248 g/mol. The maximum Gasteiger partial charge on any atom is 0.118 e. The molecular weight excluding hydrogens is 224 g/mol. The van der Waals surface area contributed by atoms with Crippen molar-refractivity contribution in [2.75, 3.05) is 7.11 Å². The fraction of sp³-hybridized carbons (Fsp3) is 0.625. The summed E-state index contributed by atoms with van der Waals surface area (Å²) in [6.07, 6.45) is 7.40. The predicted octanol–water partition coefficient (Wildman–Crippen LogP) is 3.87. The minimum Gasteiger partial charge on any atom is -0.497 e. The summed E-state index contributed by atoms with van der Waals surface area (Å²) in [4.78, 5) is 0. The van der Waals surface area contributed by atoms with E-state index in [-0.39, 0.29) is 0 Å². The van der Waals surface area contributed by atoms with Crippen LogP contribution in [0.5, 0.6) is 5.75 Å². The van der Waals surface area contributed by atoms with Gasteiger partial charge in [-0.15, -0.1) is 0 Å². The lowest BCUT2D eigenvalue weighted by atomic mass is 9.78. The molecule has 2 nitrogen and oxygen atoms in total. The normalized spacial score (nSPS) is 21.1. The molecule has 1 atom stereocenters. The summed E-state index contributed by atoms with van der Waals surface area (Å²) in [5.74, 6) is 1.23. The molecule has 1 aromatic carbocycles. The smallest absolute Gasteiger partial charge is 0.118 e. The number of rotatable bonds is 3. The molecule has 0 amide bonds. The molecule has 0 aliphatic heterocycles. The third kappa shape index (κ3) is 2.86. The molecule has 2 rings (SSSR count). The summed E-state index contributed by atoms with van der Waals surface area (Å²) < 4.78 is 5.17. The number of hydrogen-bond donors (Lipinski definition) is 1. The third-order valence-corrected chi connectivity index (χ3v) is 4.32. The zero-order valence-electron chi connectivity index (χ0n) is 11.5. The molecule has 18 heavy (non-hydrogen) atoms. The fourth-order valence-corrected chi connectivity index (χ4v) is 3.01. The largest absolute Gasteiger partial charge is 0.497 e. The lowest BCUT2D eigenvalue weighted by Gasteiger charge is -2.33. The van der Waals surface area contributed by atoms with Crippen LogP contribution in [0.4, 0.5) is 0 Å². The van der Waals surface area contributed by atoms with E-state index in [2.05, 4.69) is 0 Å². The van der Waals surface area contributed by atoms with Crippen LogP contribution in [-0.2, 0) is 5.60 Å². The maximum atomic E-state index is 10.9. The molecule has 1 aromatic rings. The Morgan fingerprint density at radius 3 is 2.11 bits per heavy atom. The number of hydrogen-bond acceptors (Lipinski definition) is 2. The summed E-state index contributed by atoms with van der Waals surface area (Å²) >= 11 is 0. The highest BCUT2D eigenvalue weighted by Crippen LogP contribution is 2.38. The van der Waals surface area contributed by atoms with Crippen molar-refractivity contribution < 1.29 is 9.84 Å². The molecule has 0 radical (unpaired) electrons. The Labute approximate surface area is 110 Å². The lowest BCUT2D eigenvalue weighted by Crippen LogP contribution is -2.31. The van der Waals surface area contributed by atoms with E-state index in [1.807, 2.05) is 31.2 Å². The van der Waals surface area contributed by atoms with Crippen LogP contribution in [0.2, 0.25) is 0 Å². The van der Waals surface area contributed by atoms with Gasteiger partial charge in [0.25, 0.3) is 0 Å². The second kappa shape index (κ2) is 5.75. The number of methoxy groups -OCH3 is 1. The molecule has 1 saturated carbocycles. The van der Waals surface area contributed by atoms with Crippen molar-refractivity contribution in [1.82, 2.24) is 0 Å². The first kappa shape index (κ1) is 13.4. The molecule has 2 heteroatoms. The summed E-state index contributed by atoms with van der Waals surface area (Å²) in [7, 11) is 1.67. The zero-order valence-corrected chi connectivity index (χ0v) is 11.5.